The molecule has 0 saturated carbocycles. The third kappa shape index (κ3) is 3.65. The molecule has 0 amide bonds. The molecule has 0 aliphatic carbocycles. The van der Waals surface area contributed by atoms with Gasteiger partial charge in [0.25, 0.3) is 0 Å². The van der Waals surface area contributed by atoms with E-state index in [1.54, 1.807) is 31.4 Å². The zero-order chi connectivity index (χ0) is 15.9. The van der Waals surface area contributed by atoms with E-state index in [1.807, 2.05) is 0 Å². The van der Waals surface area contributed by atoms with Crippen LogP contribution in [0.3, 0.4) is 0 Å². The molecule has 0 bridgehead atoms. The number of Topliss-reactive ketones (excluding diaryl/α,β-unsaturated/α-hetero) is 1. The van der Waals surface area contributed by atoms with Crippen LogP contribution in [0.4, 0.5) is 0 Å². The van der Waals surface area contributed by atoms with Crippen LogP contribution < -0.4 is 4.74 Å². The summed E-state index contributed by atoms with van der Waals surface area (Å²) in [4.78, 5) is 15.7. The minimum atomic E-state index is -1.94. The first-order chi connectivity index (χ1) is 10.1. The van der Waals surface area contributed by atoms with Crippen molar-refractivity contribution in [2.75, 3.05) is 7.11 Å². The molecular weight excluding hydrogens is 282 g/mol. The van der Waals surface area contributed by atoms with Crippen molar-refractivity contribution in [3.63, 3.8) is 0 Å². The average Bonchev–Trinajstić information content (AvgIpc) is 2.55. The summed E-state index contributed by atoms with van der Waals surface area (Å²) < 4.78 is 5.10. The van der Waals surface area contributed by atoms with Crippen molar-refractivity contribution in [2.24, 2.45) is 5.11 Å². The Kier molecular flexibility index (Phi) is 6.46. The number of hydrogen-bond acceptors (Lipinski definition) is 3. The number of benzene rings is 1. The van der Waals surface area contributed by atoms with Crippen LogP contribution in [0, 0.1) is 0 Å². The zero-order valence-corrected chi connectivity index (χ0v) is 14.2. The molecule has 1 aromatic carbocycles. The molecule has 1 aromatic rings. The standard InChI is InChI=1S/C15H23N3O2Si/c1-5-21(6-2,7-3)15(17-18-16)14(19)12-8-10-13(20-4)11-9-12/h8-11,15H,5-7H2,1-4H3. The molecule has 1 rings (SSSR count). The van der Waals surface area contributed by atoms with Crippen molar-refractivity contribution in [3.05, 3.63) is 40.3 Å². The van der Waals surface area contributed by atoms with Crippen LogP contribution in [0.15, 0.2) is 29.4 Å². The maximum absolute atomic E-state index is 12.8. The van der Waals surface area contributed by atoms with Crippen LogP contribution in [0.25, 0.3) is 10.4 Å². The number of carbonyl (C=O) groups excluding carboxylic acids is 1. The van der Waals surface area contributed by atoms with Gasteiger partial charge in [-0.3, -0.25) is 4.79 Å². The molecule has 1 unspecified atom stereocenters. The number of carbonyl (C=O) groups is 1. The van der Waals surface area contributed by atoms with E-state index in [-0.39, 0.29) is 5.78 Å². The monoisotopic (exact) mass is 305 g/mol. The third-order valence-electron chi connectivity index (χ3n) is 4.48. The predicted octanol–water partition coefficient (Wildman–Crippen LogP) is 4.60. The van der Waals surface area contributed by atoms with Crippen LogP contribution in [0.5, 0.6) is 5.75 Å². The van der Waals surface area contributed by atoms with Crippen LogP contribution in [-0.2, 0) is 0 Å². The molecule has 1 atom stereocenters. The SMILES string of the molecule is CC[Si](CC)(CC)C(N=[N+]=[N-])C(=O)c1ccc(OC)cc1. The van der Waals surface area contributed by atoms with Gasteiger partial charge in [-0.25, -0.2) is 0 Å². The van der Waals surface area contributed by atoms with E-state index in [2.05, 4.69) is 30.8 Å². The number of azide groups is 1. The second kappa shape index (κ2) is 7.86. The summed E-state index contributed by atoms with van der Waals surface area (Å²) in [6.07, 6.45) is 0. The topological polar surface area (TPSA) is 75.1 Å². The molecule has 0 saturated heterocycles. The minimum Gasteiger partial charge on any atom is -0.497 e. The Morgan fingerprint density at radius 1 is 1.24 bits per heavy atom. The molecule has 0 heterocycles. The Labute approximate surface area is 127 Å². The van der Waals surface area contributed by atoms with E-state index in [0.717, 1.165) is 18.1 Å². The van der Waals surface area contributed by atoms with Gasteiger partial charge in [0.1, 0.15) is 5.75 Å². The van der Waals surface area contributed by atoms with E-state index in [1.165, 1.54) is 0 Å². The normalized spacial score (nSPS) is 12.4. The predicted molar refractivity (Wildman–Crippen MR) is 87.5 cm³/mol. The Hall–Kier alpha value is -1.78. The summed E-state index contributed by atoms with van der Waals surface area (Å²) in [5.74, 6) is 0.643. The fourth-order valence-electron chi connectivity index (χ4n) is 2.75. The summed E-state index contributed by atoms with van der Waals surface area (Å²) in [7, 11) is -0.351. The Balaban J connectivity index is 3.20. The summed E-state index contributed by atoms with van der Waals surface area (Å²) >= 11 is 0. The highest BCUT2D eigenvalue weighted by Gasteiger charge is 2.40. The van der Waals surface area contributed by atoms with Gasteiger partial charge in [0.05, 0.1) is 20.8 Å². The van der Waals surface area contributed by atoms with E-state index >= 15 is 0 Å². The van der Waals surface area contributed by atoms with Crippen LogP contribution in [-0.4, -0.2) is 26.6 Å². The highest BCUT2D eigenvalue weighted by molar-refractivity contribution is 6.84. The molecule has 0 aliphatic heterocycles. The first-order valence-corrected chi connectivity index (χ1v) is 10.0. The maximum atomic E-state index is 12.8. The average molecular weight is 305 g/mol. The number of methoxy groups -OCH3 is 1. The molecule has 0 fully saturated rings. The molecule has 0 radical (unpaired) electrons. The van der Waals surface area contributed by atoms with Crippen LogP contribution in [0.2, 0.25) is 18.1 Å². The molecule has 5 nitrogen and oxygen atoms in total. The lowest BCUT2D eigenvalue weighted by atomic mass is 10.1. The highest BCUT2D eigenvalue weighted by Crippen LogP contribution is 2.29. The van der Waals surface area contributed by atoms with E-state index in [9.17, 15) is 4.79 Å². The number of nitrogens with zero attached hydrogens (tertiary/aromatic N) is 3. The van der Waals surface area contributed by atoms with Crippen molar-refractivity contribution < 1.29 is 9.53 Å². The zero-order valence-electron chi connectivity index (χ0n) is 13.2. The Bertz CT molecular complexity index is 512. The van der Waals surface area contributed by atoms with Gasteiger partial charge in [0.2, 0.25) is 0 Å². The van der Waals surface area contributed by atoms with Gasteiger partial charge >= 0.3 is 0 Å². The second-order valence-electron chi connectivity index (χ2n) is 5.12. The number of ketones is 1. The third-order valence-corrected chi connectivity index (χ3v) is 10.2. The number of ether oxygens (including phenoxy) is 1. The smallest absolute Gasteiger partial charge is 0.169 e. The number of rotatable bonds is 8. The van der Waals surface area contributed by atoms with Crippen molar-refractivity contribution in [1.82, 2.24) is 0 Å². The summed E-state index contributed by atoms with van der Waals surface area (Å²) in [6.45, 7) is 6.29. The summed E-state index contributed by atoms with van der Waals surface area (Å²) in [6, 6.07) is 9.80. The summed E-state index contributed by atoms with van der Waals surface area (Å²) in [5, 5.41) is 3.89. The molecule has 0 spiro atoms. The Morgan fingerprint density at radius 3 is 2.14 bits per heavy atom. The molecule has 0 aromatic heterocycles. The van der Waals surface area contributed by atoms with Gasteiger partial charge in [-0.2, -0.15) is 0 Å². The van der Waals surface area contributed by atoms with Crippen molar-refractivity contribution >= 4 is 13.9 Å². The van der Waals surface area contributed by atoms with Gasteiger partial charge < -0.3 is 4.74 Å². The Morgan fingerprint density at radius 2 is 1.76 bits per heavy atom. The molecule has 21 heavy (non-hydrogen) atoms. The van der Waals surface area contributed by atoms with Crippen LogP contribution in [0.1, 0.15) is 31.1 Å². The van der Waals surface area contributed by atoms with E-state index in [0.29, 0.717) is 11.3 Å². The molecule has 6 heteroatoms. The maximum Gasteiger partial charge on any atom is 0.169 e. The van der Waals surface area contributed by atoms with Gasteiger partial charge in [-0.1, -0.05) is 44.0 Å². The van der Waals surface area contributed by atoms with Gasteiger partial charge in [-0.05, 0) is 29.8 Å². The van der Waals surface area contributed by atoms with Gasteiger partial charge in [-0.15, -0.1) is 0 Å². The molecule has 0 N–H and O–H groups in total. The van der Waals surface area contributed by atoms with Crippen molar-refractivity contribution in [3.8, 4) is 5.75 Å². The first kappa shape index (κ1) is 17.3. The van der Waals surface area contributed by atoms with E-state index < -0.39 is 13.7 Å². The van der Waals surface area contributed by atoms with Crippen LogP contribution >= 0.6 is 0 Å². The second-order valence-corrected chi connectivity index (χ2v) is 10.5. The largest absolute Gasteiger partial charge is 0.497 e. The minimum absolute atomic E-state index is 0.0623. The molecule has 0 aliphatic rings. The molecular formula is C15H23N3O2Si. The lowest BCUT2D eigenvalue weighted by molar-refractivity contribution is 0.0984. The lowest BCUT2D eigenvalue weighted by Crippen LogP contribution is -2.49. The van der Waals surface area contributed by atoms with E-state index in [4.69, 9.17) is 10.3 Å². The fraction of sp³-hybridized carbons (Fsp3) is 0.533. The molecule has 114 valence electrons. The fourth-order valence-corrected chi connectivity index (χ4v) is 6.43. The highest BCUT2D eigenvalue weighted by atomic mass is 28.3. The quantitative estimate of drug-likeness (QED) is 0.231. The van der Waals surface area contributed by atoms with Crippen molar-refractivity contribution in [2.45, 2.75) is 44.6 Å². The summed E-state index contributed by atoms with van der Waals surface area (Å²) in [5.41, 5.74) is 8.93. The van der Waals surface area contributed by atoms with Gasteiger partial charge in [0.15, 0.2) is 5.78 Å². The first-order valence-electron chi connectivity index (χ1n) is 7.31. The van der Waals surface area contributed by atoms with Gasteiger partial charge in [0, 0.05) is 10.5 Å². The van der Waals surface area contributed by atoms with Crippen molar-refractivity contribution in [1.29, 1.82) is 0 Å². The lowest BCUT2D eigenvalue weighted by Gasteiger charge is -2.33. The number of hydrogen-bond donors (Lipinski definition) is 0.